The molecule has 0 aliphatic carbocycles. The van der Waals surface area contributed by atoms with Gasteiger partial charge in [-0.05, 0) is 6.42 Å². The first-order chi connectivity index (χ1) is 9.26. The largest absolute Gasteiger partial charge is 0.351 e. The van der Waals surface area contributed by atoms with Crippen molar-refractivity contribution >= 4 is 16.5 Å². The van der Waals surface area contributed by atoms with Crippen molar-refractivity contribution in [3.05, 3.63) is 35.2 Å². The van der Waals surface area contributed by atoms with Gasteiger partial charge in [-0.1, -0.05) is 55.0 Å². The summed E-state index contributed by atoms with van der Waals surface area (Å²) in [6, 6.07) is 10.3. The van der Waals surface area contributed by atoms with Crippen LogP contribution in [0, 0.1) is 0 Å². The van der Waals surface area contributed by atoms with Crippen LogP contribution < -0.4 is 10.6 Å². The van der Waals surface area contributed by atoms with Crippen LogP contribution in [0.1, 0.15) is 24.6 Å². The average Bonchev–Trinajstić information content (AvgIpc) is 2.90. The molecule has 4 heteroatoms. The molecule has 0 spiro atoms. The van der Waals surface area contributed by atoms with E-state index in [-0.39, 0.29) is 0 Å². The number of aromatic nitrogens is 1. The van der Waals surface area contributed by atoms with E-state index in [4.69, 9.17) is 10.7 Å². The quantitative estimate of drug-likeness (QED) is 0.877. The summed E-state index contributed by atoms with van der Waals surface area (Å²) in [5, 5.41) is 1.06. The zero-order valence-corrected chi connectivity index (χ0v) is 12.4. The smallest absolute Gasteiger partial charge is 0.185 e. The number of anilines is 1. The lowest BCUT2D eigenvalue weighted by Crippen LogP contribution is -2.17. The van der Waals surface area contributed by atoms with Crippen molar-refractivity contribution in [2.24, 2.45) is 5.73 Å². The summed E-state index contributed by atoms with van der Waals surface area (Å²) in [4.78, 5) is 8.15. The van der Waals surface area contributed by atoms with E-state index in [0.29, 0.717) is 6.54 Å². The molecule has 0 radical (unpaired) electrons. The van der Waals surface area contributed by atoms with Gasteiger partial charge in [0.25, 0.3) is 0 Å². The van der Waals surface area contributed by atoms with Crippen LogP contribution in [0.5, 0.6) is 0 Å². The molecule has 0 bridgehead atoms. The first-order valence-electron chi connectivity index (χ1n) is 6.72. The third-order valence-electron chi connectivity index (χ3n) is 3.09. The molecule has 1 heterocycles. The zero-order chi connectivity index (χ0) is 13.7. The SMILES string of the molecule is CCCCN(C)c1nc(-c2ccccc2)c(CN)s1. The van der Waals surface area contributed by atoms with E-state index < -0.39 is 0 Å². The summed E-state index contributed by atoms with van der Waals surface area (Å²) in [6.45, 7) is 3.79. The predicted octanol–water partition coefficient (Wildman–Crippen LogP) is 3.51. The van der Waals surface area contributed by atoms with Gasteiger partial charge in [0.2, 0.25) is 0 Å². The molecule has 102 valence electrons. The fraction of sp³-hybridized carbons (Fsp3) is 0.400. The first kappa shape index (κ1) is 14.0. The van der Waals surface area contributed by atoms with Crippen LogP contribution >= 0.6 is 11.3 Å². The molecule has 2 aromatic rings. The van der Waals surface area contributed by atoms with E-state index in [1.165, 1.54) is 12.8 Å². The topological polar surface area (TPSA) is 42.2 Å². The van der Waals surface area contributed by atoms with Crippen LogP contribution in [0.4, 0.5) is 5.13 Å². The molecule has 0 saturated heterocycles. The van der Waals surface area contributed by atoms with Crippen LogP contribution in [0.15, 0.2) is 30.3 Å². The third-order valence-corrected chi connectivity index (χ3v) is 4.28. The standard InChI is InChI=1S/C15H21N3S/c1-3-4-10-18(2)15-17-14(13(11-16)19-15)12-8-6-5-7-9-12/h5-9H,3-4,10-11,16H2,1-2H3. The molecule has 2 rings (SSSR count). The minimum atomic E-state index is 0.545. The lowest BCUT2D eigenvalue weighted by Gasteiger charge is -2.14. The van der Waals surface area contributed by atoms with E-state index >= 15 is 0 Å². The van der Waals surface area contributed by atoms with Crippen molar-refractivity contribution in [1.82, 2.24) is 4.98 Å². The Morgan fingerprint density at radius 1 is 1.26 bits per heavy atom. The normalized spacial score (nSPS) is 10.7. The van der Waals surface area contributed by atoms with Gasteiger partial charge in [-0.25, -0.2) is 4.98 Å². The molecular weight excluding hydrogens is 254 g/mol. The van der Waals surface area contributed by atoms with Gasteiger partial charge < -0.3 is 10.6 Å². The van der Waals surface area contributed by atoms with Crippen molar-refractivity contribution in [3.63, 3.8) is 0 Å². The summed E-state index contributed by atoms with van der Waals surface area (Å²) in [5.74, 6) is 0. The fourth-order valence-corrected chi connectivity index (χ4v) is 2.90. The van der Waals surface area contributed by atoms with Gasteiger partial charge in [-0.15, -0.1) is 0 Å². The molecular formula is C15H21N3S. The highest BCUT2D eigenvalue weighted by Crippen LogP contribution is 2.32. The van der Waals surface area contributed by atoms with Gasteiger partial charge in [0.15, 0.2) is 5.13 Å². The molecule has 0 atom stereocenters. The molecule has 1 aromatic carbocycles. The lowest BCUT2D eigenvalue weighted by molar-refractivity contribution is 0.765. The average molecular weight is 275 g/mol. The molecule has 2 N–H and O–H groups in total. The van der Waals surface area contributed by atoms with Crippen molar-refractivity contribution in [2.75, 3.05) is 18.5 Å². The number of benzene rings is 1. The second kappa shape index (κ2) is 6.68. The lowest BCUT2D eigenvalue weighted by atomic mass is 10.1. The second-order valence-electron chi connectivity index (χ2n) is 4.61. The van der Waals surface area contributed by atoms with Crippen molar-refractivity contribution in [3.8, 4) is 11.3 Å². The van der Waals surface area contributed by atoms with Crippen molar-refractivity contribution in [2.45, 2.75) is 26.3 Å². The Balaban J connectivity index is 2.27. The number of nitrogens with zero attached hydrogens (tertiary/aromatic N) is 2. The number of unbranched alkanes of at least 4 members (excludes halogenated alkanes) is 1. The van der Waals surface area contributed by atoms with Gasteiger partial charge in [0.1, 0.15) is 0 Å². The molecule has 19 heavy (non-hydrogen) atoms. The van der Waals surface area contributed by atoms with Gasteiger partial charge in [0.05, 0.1) is 5.69 Å². The third kappa shape index (κ3) is 3.33. The minimum Gasteiger partial charge on any atom is -0.351 e. The summed E-state index contributed by atoms with van der Waals surface area (Å²) >= 11 is 1.70. The van der Waals surface area contributed by atoms with Gasteiger partial charge in [0, 0.05) is 30.6 Å². The molecule has 0 saturated carbocycles. The maximum Gasteiger partial charge on any atom is 0.185 e. The van der Waals surface area contributed by atoms with Crippen LogP contribution in [-0.4, -0.2) is 18.6 Å². The fourth-order valence-electron chi connectivity index (χ4n) is 1.95. The van der Waals surface area contributed by atoms with E-state index in [1.54, 1.807) is 11.3 Å². The van der Waals surface area contributed by atoms with E-state index in [9.17, 15) is 0 Å². The second-order valence-corrected chi connectivity index (χ2v) is 5.68. The van der Waals surface area contributed by atoms with Crippen LogP contribution in [0.3, 0.4) is 0 Å². The number of hydrogen-bond donors (Lipinski definition) is 1. The molecule has 0 aliphatic rings. The Morgan fingerprint density at radius 2 is 2.00 bits per heavy atom. The maximum absolute atomic E-state index is 5.85. The molecule has 1 aromatic heterocycles. The Bertz CT molecular complexity index is 507. The zero-order valence-electron chi connectivity index (χ0n) is 11.6. The highest BCUT2D eigenvalue weighted by molar-refractivity contribution is 7.16. The number of hydrogen-bond acceptors (Lipinski definition) is 4. The molecule has 3 nitrogen and oxygen atoms in total. The van der Waals surface area contributed by atoms with Crippen molar-refractivity contribution in [1.29, 1.82) is 0 Å². The number of rotatable bonds is 6. The summed E-state index contributed by atoms with van der Waals surface area (Å²) in [7, 11) is 2.10. The van der Waals surface area contributed by atoms with Gasteiger partial charge in [-0.2, -0.15) is 0 Å². The monoisotopic (exact) mass is 275 g/mol. The Morgan fingerprint density at radius 3 is 2.63 bits per heavy atom. The molecule has 0 unspecified atom stereocenters. The minimum absolute atomic E-state index is 0.545. The highest BCUT2D eigenvalue weighted by atomic mass is 32.1. The molecule has 0 aliphatic heterocycles. The van der Waals surface area contributed by atoms with E-state index in [2.05, 4.69) is 31.0 Å². The predicted molar refractivity (Wildman–Crippen MR) is 83.6 cm³/mol. The Labute approximate surface area is 119 Å². The summed E-state index contributed by atoms with van der Waals surface area (Å²) in [6.07, 6.45) is 2.39. The van der Waals surface area contributed by atoms with Gasteiger partial charge >= 0.3 is 0 Å². The maximum atomic E-state index is 5.85. The van der Waals surface area contributed by atoms with Crippen molar-refractivity contribution < 1.29 is 0 Å². The first-order valence-corrected chi connectivity index (χ1v) is 7.54. The van der Waals surface area contributed by atoms with E-state index in [0.717, 1.165) is 27.8 Å². The summed E-state index contributed by atoms with van der Waals surface area (Å²) < 4.78 is 0. The molecule has 0 fully saturated rings. The summed E-state index contributed by atoms with van der Waals surface area (Å²) in [5.41, 5.74) is 8.03. The van der Waals surface area contributed by atoms with Crippen LogP contribution in [0.25, 0.3) is 11.3 Å². The highest BCUT2D eigenvalue weighted by Gasteiger charge is 2.14. The number of nitrogens with two attached hydrogens (primary N) is 1. The molecule has 0 amide bonds. The van der Waals surface area contributed by atoms with Crippen LogP contribution in [-0.2, 0) is 6.54 Å². The Kier molecular flexibility index (Phi) is 4.93. The van der Waals surface area contributed by atoms with E-state index in [1.807, 2.05) is 18.2 Å². The Hall–Kier alpha value is -1.39. The number of thiazole rings is 1. The van der Waals surface area contributed by atoms with Crippen LogP contribution in [0.2, 0.25) is 0 Å². The van der Waals surface area contributed by atoms with Gasteiger partial charge in [-0.3, -0.25) is 0 Å².